The minimum absolute atomic E-state index is 0.394. The summed E-state index contributed by atoms with van der Waals surface area (Å²) in [7, 11) is 1.51. The molecule has 1 aromatic carbocycles. The summed E-state index contributed by atoms with van der Waals surface area (Å²) in [6.45, 7) is 0.781. The first-order valence-corrected chi connectivity index (χ1v) is 7.16. The van der Waals surface area contributed by atoms with Gasteiger partial charge in [-0.1, -0.05) is 6.07 Å². The molecule has 2 rings (SSSR count). The van der Waals surface area contributed by atoms with Crippen LogP contribution < -0.4 is 14.8 Å². The maximum Gasteiger partial charge on any atom is 0.223 e. The van der Waals surface area contributed by atoms with Crippen LogP contribution in [0.2, 0.25) is 0 Å². The Morgan fingerprint density at radius 1 is 1.30 bits per heavy atom. The molecule has 0 saturated carbocycles. The lowest BCUT2D eigenvalue weighted by molar-refractivity contribution is -0.244. The quantitative estimate of drug-likeness (QED) is 0.549. The molecule has 1 fully saturated rings. The summed E-state index contributed by atoms with van der Waals surface area (Å²) in [5.74, 6) is 0.546. The van der Waals surface area contributed by atoms with Crippen LogP contribution in [-0.2, 0) is 9.53 Å². The third-order valence-electron chi connectivity index (χ3n) is 3.54. The van der Waals surface area contributed by atoms with E-state index in [9.17, 15) is 20.1 Å². The minimum atomic E-state index is -1.35. The largest absolute Gasteiger partial charge is 0.497 e. The standard InChI is InChI=1S/C15H21NO7/c1-8(18)16-12-14(20)13(19)11(7-17)23-15(12)22-10-5-3-4-9(6-10)21-2/h3-6,11-15,17,19-20H,7H2,1-2H3,(H,16,18)/t11-,12+,13+,14-,15-/m0/s1. The normalized spacial score (nSPS) is 30.6. The Morgan fingerprint density at radius 2 is 2.00 bits per heavy atom. The molecule has 0 radical (unpaired) electrons. The highest BCUT2D eigenvalue weighted by molar-refractivity contribution is 5.73. The van der Waals surface area contributed by atoms with Crippen molar-refractivity contribution in [2.24, 2.45) is 0 Å². The molecule has 1 amide bonds. The lowest BCUT2D eigenvalue weighted by atomic mass is 9.97. The van der Waals surface area contributed by atoms with E-state index >= 15 is 0 Å². The van der Waals surface area contributed by atoms with Crippen molar-refractivity contribution < 1.29 is 34.3 Å². The first-order chi connectivity index (χ1) is 11.0. The highest BCUT2D eigenvalue weighted by Crippen LogP contribution is 2.26. The number of methoxy groups -OCH3 is 1. The van der Waals surface area contributed by atoms with Crippen LogP contribution in [0, 0.1) is 0 Å². The SMILES string of the molecule is COc1cccc(O[C@H]2O[C@@H](CO)[C@@H](O)[C@@H](O)[C@H]2NC(C)=O)c1. The Kier molecular flexibility index (Phi) is 5.78. The Balaban J connectivity index is 2.21. The number of hydrogen-bond acceptors (Lipinski definition) is 7. The average Bonchev–Trinajstić information content (AvgIpc) is 2.54. The third-order valence-corrected chi connectivity index (χ3v) is 3.54. The monoisotopic (exact) mass is 327 g/mol. The molecule has 0 aliphatic carbocycles. The number of nitrogens with one attached hydrogen (secondary N) is 1. The van der Waals surface area contributed by atoms with Gasteiger partial charge in [0.2, 0.25) is 12.2 Å². The molecule has 8 nitrogen and oxygen atoms in total. The number of ether oxygens (including phenoxy) is 3. The molecule has 1 aliphatic rings. The summed E-state index contributed by atoms with van der Waals surface area (Å²) in [6, 6.07) is 5.71. The van der Waals surface area contributed by atoms with Gasteiger partial charge in [-0.2, -0.15) is 0 Å². The zero-order valence-electron chi connectivity index (χ0n) is 12.9. The van der Waals surface area contributed by atoms with Gasteiger partial charge in [0.15, 0.2) is 0 Å². The molecule has 1 aromatic rings. The van der Waals surface area contributed by atoms with Crippen molar-refractivity contribution in [3.8, 4) is 11.5 Å². The number of hydrogen-bond donors (Lipinski definition) is 4. The van der Waals surface area contributed by atoms with Crippen LogP contribution in [0.1, 0.15) is 6.92 Å². The summed E-state index contributed by atoms with van der Waals surface area (Å²) < 4.78 is 16.2. The number of rotatable bonds is 5. The lowest BCUT2D eigenvalue weighted by Gasteiger charge is -2.42. The molecule has 1 saturated heterocycles. The molecule has 128 valence electrons. The van der Waals surface area contributed by atoms with Crippen LogP contribution in [0.4, 0.5) is 0 Å². The molecule has 1 aliphatic heterocycles. The van der Waals surface area contributed by atoms with E-state index in [1.165, 1.54) is 14.0 Å². The molecule has 1 heterocycles. The van der Waals surface area contributed by atoms with Crippen LogP contribution in [0.3, 0.4) is 0 Å². The van der Waals surface area contributed by atoms with E-state index in [1.54, 1.807) is 24.3 Å². The number of amides is 1. The molecule has 4 N–H and O–H groups in total. The van der Waals surface area contributed by atoms with Crippen molar-refractivity contribution in [2.75, 3.05) is 13.7 Å². The van der Waals surface area contributed by atoms with Crippen molar-refractivity contribution >= 4 is 5.91 Å². The molecule has 0 aromatic heterocycles. The highest BCUT2D eigenvalue weighted by Gasteiger charge is 2.46. The van der Waals surface area contributed by atoms with Crippen LogP contribution >= 0.6 is 0 Å². The van der Waals surface area contributed by atoms with Gasteiger partial charge < -0.3 is 34.8 Å². The van der Waals surface area contributed by atoms with Gasteiger partial charge in [-0.25, -0.2) is 0 Å². The molecule has 0 unspecified atom stereocenters. The maximum absolute atomic E-state index is 11.3. The number of carbonyl (C=O) groups is 1. The van der Waals surface area contributed by atoms with Gasteiger partial charge in [-0.3, -0.25) is 4.79 Å². The average molecular weight is 327 g/mol. The predicted octanol–water partition coefficient (Wildman–Crippen LogP) is -0.982. The third kappa shape index (κ3) is 4.11. The maximum atomic E-state index is 11.3. The van der Waals surface area contributed by atoms with Crippen molar-refractivity contribution in [1.29, 1.82) is 0 Å². The van der Waals surface area contributed by atoms with E-state index in [0.717, 1.165) is 0 Å². The molecule has 0 spiro atoms. The summed E-state index contributed by atoms with van der Waals surface area (Å²) in [6.07, 6.45) is -4.80. The zero-order valence-corrected chi connectivity index (χ0v) is 12.9. The summed E-state index contributed by atoms with van der Waals surface area (Å²) >= 11 is 0. The van der Waals surface area contributed by atoms with Crippen molar-refractivity contribution in [3.63, 3.8) is 0 Å². The van der Waals surface area contributed by atoms with E-state index in [-0.39, 0.29) is 0 Å². The molecule has 23 heavy (non-hydrogen) atoms. The smallest absolute Gasteiger partial charge is 0.223 e. The van der Waals surface area contributed by atoms with Crippen LogP contribution in [0.25, 0.3) is 0 Å². The Bertz CT molecular complexity index is 538. The van der Waals surface area contributed by atoms with E-state index < -0.39 is 43.2 Å². The molecule has 0 bridgehead atoms. The summed E-state index contributed by atoms with van der Waals surface area (Å²) in [4.78, 5) is 11.3. The van der Waals surface area contributed by atoms with Crippen LogP contribution in [-0.4, -0.2) is 65.6 Å². The van der Waals surface area contributed by atoms with Crippen LogP contribution in [0.5, 0.6) is 11.5 Å². The van der Waals surface area contributed by atoms with Gasteiger partial charge in [-0.05, 0) is 12.1 Å². The molecular formula is C15H21NO7. The Hall–Kier alpha value is -1.87. The lowest BCUT2D eigenvalue weighted by Crippen LogP contribution is -2.65. The topological polar surface area (TPSA) is 117 Å². The predicted molar refractivity (Wildman–Crippen MR) is 79.0 cm³/mol. The second-order valence-electron chi connectivity index (χ2n) is 5.23. The summed E-state index contributed by atoms with van der Waals surface area (Å²) in [5.41, 5.74) is 0. The Labute approximate surface area is 133 Å². The first-order valence-electron chi connectivity index (χ1n) is 7.16. The number of aliphatic hydroxyl groups is 3. The van der Waals surface area contributed by atoms with Crippen molar-refractivity contribution in [2.45, 2.75) is 37.6 Å². The van der Waals surface area contributed by atoms with E-state index in [4.69, 9.17) is 14.2 Å². The molecule has 8 heteroatoms. The highest BCUT2D eigenvalue weighted by atomic mass is 16.7. The van der Waals surface area contributed by atoms with Gasteiger partial charge in [0, 0.05) is 13.0 Å². The van der Waals surface area contributed by atoms with Crippen LogP contribution in [0.15, 0.2) is 24.3 Å². The van der Waals surface area contributed by atoms with Gasteiger partial charge >= 0.3 is 0 Å². The second-order valence-corrected chi connectivity index (χ2v) is 5.23. The summed E-state index contributed by atoms with van der Waals surface area (Å²) in [5, 5.41) is 31.8. The number of carbonyl (C=O) groups excluding carboxylic acids is 1. The second kappa shape index (κ2) is 7.60. The Morgan fingerprint density at radius 3 is 2.61 bits per heavy atom. The van der Waals surface area contributed by atoms with Gasteiger partial charge in [0.25, 0.3) is 0 Å². The molecule has 5 atom stereocenters. The first kappa shape index (κ1) is 17.5. The molecular weight excluding hydrogens is 306 g/mol. The minimum Gasteiger partial charge on any atom is -0.497 e. The van der Waals surface area contributed by atoms with E-state index in [1.807, 2.05) is 0 Å². The van der Waals surface area contributed by atoms with Gasteiger partial charge in [0.1, 0.15) is 35.9 Å². The fraction of sp³-hybridized carbons (Fsp3) is 0.533. The van der Waals surface area contributed by atoms with E-state index in [0.29, 0.717) is 11.5 Å². The number of benzene rings is 1. The fourth-order valence-corrected chi connectivity index (χ4v) is 2.38. The van der Waals surface area contributed by atoms with Crippen molar-refractivity contribution in [3.05, 3.63) is 24.3 Å². The van der Waals surface area contributed by atoms with Gasteiger partial charge in [0.05, 0.1) is 13.7 Å². The fourth-order valence-electron chi connectivity index (χ4n) is 2.38. The van der Waals surface area contributed by atoms with Crippen molar-refractivity contribution in [1.82, 2.24) is 5.32 Å². The zero-order chi connectivity index (χ0) is 17.0. The van der Waals surface area contributed by atoms with Gasteiger partial charge in [-0.15, -0.1) is 0 Å². The number of aliphatic hydroxyl groups excluding tert-OH is 3. The van der Waals surface area contributed by atoms with E-state index in [2.05, 4.69) is 5.32 Å².